The summed E-state index contributed by atoms with van der Waals surface area (Å²) in [7, 11) is 0. The number of benzene rings is 1. The third-order valence-corrected chi connectivity index (χ3v) is 4.06. The summed E-state index contributed by atoms with van der Waals surface area (Å²) >= 11 is 12.5. The molecule has 3 nitrogen and oxygen atoms in total. The van der Waals surface area contributed by atoms with Crippen molar-refractivity contribution in [3.05, 3.63) is 51.3 Å². The second-order valence-corrected chi connectivity index (χ2v) is 5.92. The molecule has 0 aliphatic heterocycles. The van der Waals surface area contributed by atoms with Gasteiger partial charge in [-0.2, -0.15) is 5.10 Å². The minimum absolute atomic E-state index is 0.127. The van der Waals surface area contributed by atoms with E-state index in [9.17, 15) is 0 Å². The average molecular weight is 326 g/mol. The minimum Gasteiger partial charge on any atom is -0.310 e. The van der Waals surface area contributed by atoms with E-state index in [1.165, 1.54) is 5.69 Å². The third kappa shape index (κ3) is 4.00. The molecule has 1 heterocycles. The molecule has 114 valence electrons. The lowest BCUT2D eigenvalue weighted by Crippen LogP contribution is -2.24. The molecule has 0 radical (unpaired) electrons. The lowest BCUT2D eigenvalue weighted by molar-refractivity contribution is 0.516. The summed E-state index contributed by atoms with van der Waals surface area (Å²) in [5, 5.41) is 9.44. The number of halogens is 2. The summed E-state index contributed by atoms with van der Waals surface area (Å²) in [6.45, 7) is 7.95. The molecule has 1 aromatic heterocycles. The van der Waals surface area contributed by atoms with Crippen LogP contribution in [0.2, 0.25) is 10.0 Å². The number of aryl methyl sites for hydroxylation is 2. The summed E-state index contributed by atoms with van der Waals surface area (Å²) in [5.41, 5.74) is 3.28. The zero-order chi connectivity index (χ0) is 15.4. The van der Waals surface area contributed by atoms with Gasteiger partial charge in [-0.15, -0.1) is 0 Å². The largest absolute Gasteiger partial charge is 0.310 e. The highest BCUT2D eigenvalue weighted by atomic mass is 35.5. The van der Waals surface area contributed by atoms with Crippen molar-refractivity contribution in [1.29, 1.82) is 0 Å². The van der Waals surface area contributed by atoms with Crippen molar-refractivity contribution < 1.29 is 0 Å². The number of likely N-dealkylation sites (N-methyl/N-ethyl adjacent to an activating group) is 1. The molecule has 0 spiro atoms. The third-order valence-electron chi connectivity index (χ3n) is 3.48. The molecular weight excluding hydrogens is 305 g/mol. The van der Waals surface area contributed by atoms with Gasteiger partial charge in [0, 0.05) is 34.7 Å². The maximum Gasteiger partial charge on any atom is 0.0596 e. The van der Waals surface area contributed by atoms with Gasteiger partial charge in [-0.1, -0.05) is 30.1 Å². The van der Waals surface area contributed by atoms with E-state index in [0.717, 1.165) is 35.8 Å². The predicted octanol–water partition coefficient (Wildman–Crippen LogP) is 4.41. The number of aromatic nitrogens is 2. The van der Waals surface area contributed by atoms with E-state index in [-0.39, 0.29) is 6.04 Å². The number of nitrogens with one attached hydrogen (secondary N) is 1. The molecule has 0 saturated carbocycles. The molecule has 2 rings (SSSR count). The first kappa shape index (κ1) is 16.3. The smallest absolute Gasteiger partial charge is 0.0596 e. The van der Waals surface area contributed by atoms with Gasteiger partial charge in [0.25, 0.3) is 0 Å². The molecule has 0 bridgehead atoms. The van der Waals surface area contributed by atoms with Crippen LogP contribution in [0.1, 0.15) is 36.8 Å². The molecule has 1 aromatic carbocycles. The van der Waals surface area contributed by atoms with Crippen LogP contribution in [-0.2, 0) is 13.0 Å². The van der Waals surface area contributed by atoms with Crippen molar-refractivity contribution in [1.82, 2.24) is 15.1 Å². The SMILES string of the molecule is CCNC(Cc1cc(C)nn1CC)c1cc(Cl)ccc1Cl. The highest BCUT2D eigenvalue weighted by Crippen LogP contribution is 2.28. The summed E-state index contributed by atoms with van der Waals surface area (Å²) in [5.74, 6) is 0. The molecule has 0 aliphatic carbocycles. The number of nitrogens with zero attached hydrogens (tertiary/aromatic N) is 2. The first-order chi connectivity index (χ1) is 10.0. The number of hydrogen-bond donors (Lipinski definition) is 1. The van der Waals surface area contributed by atoms with Gasteiger partial charge in [0.1, 0.15) is 0 Å². The predicted molar refractivity (Wildman–Crippen MR) is 89.2 cm³/mol. The summed E-state index contributed by atoms with van der Waals surface area (Å²) in [4.78, 5) is 0. The zero-order valence-corrected chi connectivity index (χ0v) is 14.2. The van der Waals surface area contributed by atoms with Crippen LogP contribution in [-0.4, -0.2) is 16.3 Å². The fourth-order valence-corrected chi connectivity index (χ4v) is 3.00. The quantitative estimate of drug-likeness (QED) is 0.852. The Morgan fingerprint density at radius 2 is 2.00 bits per heavy atom. The Kier molecular flexibility index (Phi) is 5.68. The van der Waals surface area contributed by atoms with Crippen molar-refractivity contribution >= 4 is 23.2 Å². The van der Waals surface area contributed by atoms with Gasteiger partial charge >= 0.3 is 0 Å². The van der Waals surface area contributed by atoms with Crippen LogP contribution in [0.5, 0.6) is 0 Å². The molecule has 0 saturated heterocycles. The fourth-order valence-electron chi connectivity index (χ4n) is 2.57. The van der Waals surface area contributed by atoms with Gasteiger partial charge in [-0.25, -0.2) is 0 Å². The van der Waals surface area contributed by atoms with Gasteiger partial charge in [-0.3, -0.25) is 4.68 Å². The van der Waals surface area contributed by atoms with Crippen molar-refractivity contribution in [2.24, 2.45) is 0 Å². The standard InChI is InChI=1S/C16H21Cl2N3/c1-4-19-16(14-9-12(17)6-7-15(14)18)10-13-8-11(3)20-21(13)5-2/h6-9,16,19H,4-5,10H2,1-3H3. The van der Waals surface area contributed by atoms with Crippen molar-refractivity contribution in [3.8, 4) is 0 Å². The first-order valence-electron chi connectivity index (χ1n) is 7.26. The molecule has 0 aliphatic rings. The Morgan fingerprint density at radius 1 is 1.24 bits per heavy atom. The number of rotatable bonds is 6. The van der Waals surface area contributed by atoms with Crippen LogP contribution in [0, 0.1) is 6.92 Å². The molecule has 21 heavy (non-hydrogen) atoms. The van der Waals surface area contributed by atoms with Crippen LogP contribution in [0.3, 0.4) is 0 Å². The Morgan fingerprint density at radius 3 is 2.67 bits per heavy atom. The van der Waals surface area contributed by atoms with Crippen LogP contribution < -0.4 is 5.32 Å². The van der Waals surface area contributed by atoms with E-state index in [1.54, 1.807) is 0 Å². The lowest BCUT2D eigenvalue weighted by atomic mass is 10.0. The van der Waals surface area contributed by atoms with Gasteiger partial charge in [0.2, 0.25) is 0 Å². The molecule has 1 unspecified atom stereocenters. The first-order valence-corrected chi connectivity index (χ1v) is 8.02. The van der Waals surface area contributed by atoms with Gasteiger partial charge in [0.15, 0.2) is 0 Å². The molecule has 5 heteroatoms. The zero-order valence-electron chi connectivity index (χ0n) is 12.7. The Hall–Kier alpha value is -1.03. The summed E-state index contributed by atoms with van der Waals surface area (Å²) in [6.07, 6.45) is 0.836. The Balaban J connectivity index is 2.32. The average Bonchev–Trinajstić information content (AvgIpc) is 2.81. The van der Waals surface area contributed by atoms with Crippen molar-refractivity contribution in [2.45, 2.75) is 39.8 Å². The van der Waals surface area contributed by atoms with Crippen molar-refractivity contribution in [3.63, 3.8) is 0 Å². The molecule has 2 aromatic rings. The van der Waals surface area contributed by atoms with E-state index >= 15 is 0 Å². The maximum absolute atomic E-state index is 6.35. The second-order valence-electron chi connectivity index (χ2n) is 5.07. The van der Waals surface area contributed by atoms with E-state index in [2.05, 4.69) is 30.3 Å². The van der Waals surface area contributed by atoms with E-state index in [0.29, 0.717) is 5.02 Å². The van der Waals surface area contributed by atoms with Crippen LogP contribution in [0.15, 0.2) is 24.3 Å². The highest BCUT2D eigenvalue weighted by molar-refractivity contribution is 6.33. The van der Waals surface area contributed by atoms with E-state index in [1.807, 2.05) is 29.8 Å². The lowest BCUT2D eigenvalue weighted by Gasteiger charge is -2.20. The van der Waals surface area contributed by atoms with E-state index < -0.39 is 0 Å². The van der Waals surface area contributed by atoms with E-state index in [4.69, 9.17) is 23.2 Å². The van der Waals surface area contributed by atoms with Crippen molar-refractivity contribution in [2.75, 3.05) is 6.54 Å². The summed E-state index contributed by atoms with van der Waals surface area (Å²) in [6, 6.07) is 7.87. The maximum atomic E-state index is 6.35. The normalized spacial score (nSPS) is 12.6. The number of hydrogen-bond acceptors (Lipinski definition) is 2. The van der Waals surface area contributed by atoms with Gasteiger partial charge in [-0.05, 0) is 50.2 Å². The highest BCUT2D eigenvalue weighted by Gasteiger charge is 2.17. The topological polar surface area (TPSA) is 29.9 Å². The molecular formula is C16H21Cl2N3. The Bertz CT molecular complexity index is 608. The Labute approximate surface area is 136 Å². The van der Waals surface area contributed by atoms with Crippen LogP contribution in [0.25, 0.3) is 0 Å². The molecule has 1 atom stereocenters. The van der Waals surface area contributed by atoms with Crippen LogP contribution >= 0.6 is 23.2 Å². The van der Waals surface area contributed by atoms with Gasteiger partial charge in [0.05, 0.1) is 5.69 Å². The van der Waals surface area contributed by atoms with Crippen LogP contribution in [0.4, 0.5) is 0 Å². The fraction of sp³-hybridized carbons (Fsp3) is 0.438. The van der Waals surface area contributed by atoms with Gasteiger partial charge < -0.3 is 5.32 Å². The molecule has 0 amide bonds. The minimum atomic E-state index is 0.127. The second kappa shape index (κ2) is 7.30. The molecule has 1 N–H and O–H groups in total. The summed E-state index contributed by atoms with van der Waals surface area (Å²) < 4.78 is 2.04. The monoisotopic (exact) mass is 325 g/mol. The molecule has 0 fully saturated rings.